The second-order valence-corrected chi connectivity index (χ2v) is 6.28. The molecule has 3 rings (SSSR count). The van der Waals surface area contributed by atoms with Crippen LogP contribution in [0.25, 0.3) is 0 Å². The maximum absolute atomic E-state index is 9.42. The lowest BCUT2D eigenvalue weighted by atomic mass is 9.78. The Morgan fingerprint density at radius 1 is 1.35 bits per heavy atom. The van der Waals surface area contributed by atoms with Crippen LogP contribution in [0.1, 0.15) is 36.2 Å². The molecule has 2 aliphatic rings. The maximum Gasteiger partial charge on any atom is 0.103 e. The smallest absolute Gasteiger partial charge is 0.103 e. The van der Waals surface area contributed by atoms with E-state index in [4.69, 9.17) is 5.73 Å². The topological polar surface area (TPSA) is 65.9 Å². The molecule has 0 aromatic carbocycles. The first kappa shape index (κ1) is 13.4. The van der Waals surface area contributed by atoms with Crippen molar-refractivity contribution in [2.24, 2.45) is 17.6 Å². The highest BCUT2D eigenvalue weighted by Crippen LogP contribution is 2.38. The summed E-state index contributed by atoms with van der Waals surface area (Å²) in [6, 6.07) is 4.70. The van der Waals surface area contributed by atoms with Crippen LogP contribution in [0.4, 0.5) is 5.69 Å². The molecule has 4 heteroatoms. The maximum atomic E-state index is 9.42. The molecule has 0 bridgehead atoms. The van der Waals surface area contributed by atoms with Crippen LogP contribution in [0.5, 0.6) is 0 Å². The monoisotopic (exact) mass is 270 g/mol. The molecular formula is C16H22N4. The SMILES string of the molecule is Cc1cc(N2CC3CCCC(N)C3C2)c(C#N)c(C)n1. The predicted octanol–water partition coefficient (Wildman–Crippen LogP) is 2.13. The molecule has 3 atom stereocenters. The minimum Gasteiger partial charge on any atom is -0.370 e. The third kappa shape index (κ3) is 2.16. The number of hydrogen-bond acceptors (Lipinski definition) is 4. The van der Waals surface area contributed by atoms with Crippen LogP contribution in [0, 0.1) is 37.0 Å². The molecule has 1 aromatic heterocycles. The second-order valence-electron chi connectivity index (χ2n) is 6.28. The molecule has 2 heterocycles. The Labute approximate surface area is 120 Å². The van der Waals surface area contributed by atoms with Gasteiger partial charge < -0.3 is 10.6 Å². The average Bonchev–Trinajstić information content (AvgIpc) is 2.83. The zero-order valence-corrected chi connectivity index (χ0v) is 12.3. The van der Waals surface area contributed by atoms with E-state index in [1.807, 2.05) is 13.8 Å². The first-order valence-corrected chi connectivity index (χ1v) is 7.49. The molecule has 3 unspecified atom stereocenters. The van der Waals surface area contributed by atoms with Crippen LogP contribution >= 0.6 is 0 Å². The lowest BCUT2D eigenvalue weighted by Crippen LogP contribution is -2.38. The number of fused-ring (bicyclic) bond motifs is 1. The van der Waals surface area contributed by atoms with Gasteiger partial charge in [-0.15, -0.1) is 0 Å². The van der Waals surface area contributed by atoms with Crippen LogP contribution in [0.2, 0.25) is 0 Å². The van der Waals surface area contributed by atoms with Crippen LogP contribution in [-0.4, -0.2) is 24.1 Å². The molecule has 2 N–H and O–H groups in total. The number of aryl methyl sites for hydroxylation is 2. The summed E-state index contributed by atoms with van der Waals surface area (Å²) >= 11 is 0. The Bertz CT molecular complexity index is 560. The third-order valence-corrected chi connectivity index (χ3v) is 4.91. The van der Waals surface area contributed by atoms with Crippen molar-refractivity contribution >= 4 is 5.69 Å². The highest BCUT2D eigenvalue weighted by atomic mass is 15.2. The van der Waals surface area contributed by atoms with Crippen molar-refractivity contribution < 1.29 is 0 Å². The molecule has 1 aromatic rings. The lowest BCUT2D eigenvalue weighted by Gasteiger charge is -2.29. The normalized spacial score (nSPS) is 29.1. The van der Waals surface area contributed by atoms with Gasteiger partial charge >= 0.3 is 0 Å². The fourth-order valence-corrected chi connectivity index (χ4v) is 3.91. The van der Waals surface area contributed by atoms with Gasteiger partial charge in [0.25, 0.3) is 0 Å². The highest BCUT2D eigenvalue weighted by Gasteiger charge is 2.39. The number of nitriles is 1. The van der Waals surface area contributed by atoms with Crippen LogP contribution in [-0.2, 0) is 0 Å². The van der Waals surface area contributed by atoms with E-state index >= 15 is 0 Å². The molecule has 20 heavy (non-hydrogen) atoms. The molecule has 106 valence electrons. The Kier molecular flexibility index (Phi) is 3.39. The van der Waals surface area contributed by atoms with Gasteiger partial charge in [0.2, 0.25) is 0 Å². The van der Waals surface area contributed by atoms with Gasteiger partial charge in [0.15, 0.2) is 0 Å². The number of pyridine rings is 1. The first-order valence-electron chi connectivity index (χ1n) is 7.49. The van der Waals surface area contributed by atoms with Crippen molar-refractivity contribution in [2.75, 3.05) is 18.0 Å². The van der Waals surface area contributed by atoms with E-state index in [-0.39, 0.29) is 0 Å². The summed E-state index contributed by atoms with van der Waals surface area (Å²) in [4.78, 5) is 6.77. The molecule has 1 saturated carbocycles. The van der Waals surface area contributed by atoms with Gasteiger partial charge in [0, 0.05) is 24.8 Å². The Balaban J connectivity index is 1.93. The van der Waals surface area contributed by atoms with E-state index < -0.39 is 0 Å². The third-order valence-electron chi connectivity index (χ3n) is 4.91. The van der Waals surface area contributed by atoms with Crippen molar-refractivity contribution in [1.82, 2.24) is 4.98 Å². The Morgan fingerprint density at radius 3 is 2.85 bits per heavy atom. The van der Waals surface area contributed by atoms with Gasteiger partial charge in [-0.05, 0) is 44.6 Å². The van der Waals surface area contributed by atoms with E-state index in [0.717, 1.165) is 42.1 Å². The van der Waals surface area contributed by atoms with E-state index in [1.54, 1.807) is 0 Å². The summed E-state index contributed by atoms with van der Waals surface area (Å²) in [6.07, 6.45) is 3.67. The molecule has 0 radical (unpaired) electrons. The minimum absolute atomic E-state index is 0.327. The van der Waals surface area contributed by atoms with Crippen molar-refractivity contribution in [3.8, 4) is 6.07 Å². The minimum atomic E-state index is 0.327. The quantitative estimate of drug-likeness (QED) is 0.849. The van der Waals surface area contributed by atoms with E-state index in [0.29, 0.717) is 17.9 Å². The number of nitrogens with zero attached hydrogens (tertiary/aromatic N) is 3. The van der Waals surface area contributed by atoms with Gasteiger partial charge in [-0.25, -0.2) is 0 Å². The van der Waals surface area contributed by atoms with Crippen molar-refractivity contribution in [2.45, 2.75) is 39.2 Å². The number of hydrogen-bond donors (Lipinski definition) is 1. The number of nitrogens with two attached hydrogens (primary N) is 1. The summed E-state index contributed by atoms with van der Waals surface area (Å²) in [5, 5.41) is 9.42. The highest BCUT2D eigenvalue weighted by molar-refractivity contribution is 5.62. The summed E-state index contributed by atoms with van der Waals surface area (Å²) in [5.74, 6) is 1.28. The summed E-state index contributed by atoms with van der Waals surface area (Å²) < 4.78 is 0. The molecule has 1 aliphatic heterocycles. The fourth-order valence-electron chi connectivity index (χ4n) is 3.91. The van der Waals surface area contributed by atoms with E-state index in [2.05, 4.69) is 22.0 Å². The first-order chi connectivity index (χ1) is 9.60. The molecule has 1 saturated heterocycles. The summed E-state index contributed by atoms with van der Waals surface area (Å²) in [5.41, 5.74) is 9.88. The van der Waals surface area contributed by atoms with Crippen LogP contribution in [0.3, 0.4) is 0 Å². The van der Waals surface area contributed by atoms with Crippen molar-refractivity contribution in [1.29, 1.82) is 5.26 Å². The van der Waals surface area contributed by atoms with E-state index in [9.17, 15) is 5.26 Å². The lowest BCUT2D eigenvalue weighted by molar-refractivity contribution is 0.260. The number of rotatable bonds is 1. The Hall–Kier alpha value is -1.60. The van der Waals surface area contributed by atoms with E-state index in [1.165, 1.54) is 12.8 Å². The zero-order valence-electron chi connectivity index (χ0n) is 12.3. The van der Waals surface area contributed by atoms with Gasteiger partial charge in [-0.1, -0.05) is 6.42 Å². The van der Waals surface area contributed by atoms with Gasteiger partial charge in [-0.3, -0.25) is 4.98 Å². The van der Waals surface area contributed by atoms with Gasteiger partial charge in [-0.2, -0.15) is 5.26 Å². The summed E-state index contributed by atoms with van der Waals surface area (Å²) in [6.45, 7) is 5.94. The summed E-state index contributed by atoms with van der Waals surface area (Å²) in [7, 11) is 0. The molecule has 0 amide bonds. The van der Waals surface area contributed by atoms with Gasteiger partial charge in [0.1, 0.15) is 6.07 Å². The standard InChI is InChI=1S/C16H22N4/c1-10-6-16(13(7-17)11(2)19-10)20-8-12-4-3-5-15(18)14(12)9-20/h6,12,14-15H,3-5,8-9,18H2,1-2H3. The van der Waals surface area contributed by atoms with Crippen molar-refractivity contribution in [3.05, 3.63) is 23.0 Å². The second kappa shape index (κ2) is 5.06. The molecule has 1 aliphatic carbocycles. The van der Waals surface area contributed by atoms with Crippen molar-refractivity contribution in [3.63, 3.8) is 0 Å². The molecule has 2 fully saturated rings. The average molecular weight is 270 g/mol. The predicted molar refractivity (Wildman–Crippen MR) is 79.4 cm³/mol. The molecule has 4 nitrogen and oxygen atoms in total. The van der Waals surface area contributed by atoms with Gasteiger partial charge in [0.05, 0.1) is 16.9 Å². The zero-order chi connectivity index (χ0) is 14.3. The van der Waals surface area contributed by atoms with Crippen LogP contribution < -0.4 is 10.6 Å². The largest absolute Gasteiger partial charge is 0.370 e. The van der Waals surface area contributed by atoms with Crippen LogP contribution in [0.15, 0.2) is 6.07 Å². The number of aromatic nitrogens is 1. The fraction of sp³-hybridized carbons (Fsp3) is 0.625. The molecular weight excluding hydrogens is 248 g/mol. The number of anilines is 1. The molecule has 0 spiro atoms. The Morgan fingerprint density at radius 2 is 2.15 bits per heavy atom.